The van der Waals surface area contributed by atoms with Gasteiger partial charge < -0.3 is 10.6 Å². The Kier molecular flexibility index (Phi) is 7.91. The van der Waals surface area contributed by atoms with Crippen molar-refractivity contribution in [1.29, 1.82) is 0 Å². The number of carbonyl (C=O) groups is 2. The molecular formula is C22H28FN5O3. The van der Waals surface area contributed by atoms with Crippen LogP contribution < -0.4 is 16.1 Å². The monoisotopic (exact) mass is 429 g/mol. The fourth-order valence-corrected chi connectivity index (χ4v) is 3.54. The first kappa shape index (κ1) is 22.6. The van der Waals surface area contributed by atoms with Gasteiger partial charge in [-0.15, -0.1) is 0 Å². The Hall–Kier alpha value is -3.04. The van der Waals surface area contributed by atoms with E-state index in [4.69, 9.17) is 4.84 Å². The smallest absolute Gasteiger partial charge is 0.306 e. The number of hydrogen-bond donors (Lipinski definition) is 3. The molecule has 1 aliphatic heterocycles. The summed E-state index contributed by atoms with van der Waals surface area (Å²) >= 11 is 0. The van der Waals surface area contributed by atoms with Gasteiger partial charge in [0.2, 0.25) is 5.91 Å². The van der Waals surface area contributed by atoms with Gasteiger partial charge in [-0.25, -0.2) is 14.7 Å². The summed E-state index contributed by atoms with van der Waals surface area (Å²) in [6.07, 6.45) is 3.60. The van der Waals surface area contributed by atoms with Crippen LogP contribution in [-0.2, 0) is 16.2 Å². The molecule has 1 fully saturated rings. The minimum atomic E-state index is -0.533. The highest BCUT2D eigenvalue weighted by molar-refractivity contribution is 5.99. The van der Waals surface area contributed by atoms with Crippen LogP contribution in [0.2, 0.25) is 0 Å². The van der Waals surface area contributed by atoms with E-state index in [1.165, 1.54) is 13.0 Å². The Labute approximate surface area is 181 Å². The summed E-state index contributed by atoms with van der Waals surface area (Å²) in [6.45, 7) is 6.10. The van der Waals surface area contributed by atoms with Crippen molar-refractivity contribution >= 4 is 23.3 Å². The zero-order chi connectivity index (χ0) is 22.2. The molecule has 1 atom stereocenters. The number of hydroxylamine groups is 1. The number of carbonyl (C=O) groups excluding carboxylic acids is 2. The van der Waals surface area contributed by atoms with Gasteiger partial charge in [0.05, 0.1) is 24.2 Å². The van der Waals surface area contributed by atoms with Crippen LogP contribution in [0.4, 0.5) is 20.6 Å². The number of anilines is 2. The van der Waals surface area contributed by atoms with Gasteiger partial charge in [-0.2, -0.15) is 0 Å². The molecule has 166 valence electrons. The number of likely N-dealkylation sites (tertiary alicyclic amines) is 1. The summed E-state index contributed by atoms with van der Waals surface area (Å²) in [6, 6.07) is 7.72. The summed E-state index contributed by atoms with van der Waals surface area (Å²) in [5.41, 5.74) is 4.75. The molecule has 3 N–H and O–H groups in total. The number of pyridine rings is 1. The van der Waals surface area contributed by atoms with Gasteiger partial charge in [0.1, 0.15) is 5.82 Å². The summed E-state index contributed by atoms with van der Waals surface area (Å²) < 4.78 is 14.2. The lowest BCUT2D eigenvalue weighted by Gasteiger charge is -2.32. The molecule has 0 aliphatic carbocycles. The van der Waals surface area contributed by atoms with Crippen molar-refractivity contribution in [2.24, 2.45) is 5.92 Å². The number of nitrogens with zero attached hydrogens (tertiary/aromatic N) is 2. The van der Waals surface area contributed by atoms with Crippen LogP contribution in [-0.4, -0.2) is 41.5 Å². The first-order valence-electron chi connectivity index (χ1n) is 10.3. The second-order valence-corrected chi connectivity index (χ2v) is 7.79. The molecule has 31 heavy (non-hydrogen) atoms. The van der Waals surface area contributed by atoms with Crippen molar-refractivity contribution < 1.29 is 18.8 Å². The number of aryl methyl sites for hydroxylation is 1. The highest BCUT2D eigenvalue weighted by atomic mass is 19.1. The Bertz CT molecular complexity index is 907. The standard InChI is InChI=1S/C22H28FN5O3/c1-15-5-7-19(11-24-15)25-22(30)26-21-10-17(6-8-20(21)23)12-28-9-3-4-18(13-28)14-31-27-16(2)29/h5-8,10-11,18H,3-4,9,12-14H2,1-2H3,(H,27,29)(H2,25,26,30)/t18-/m1/s1. The van der Waals surface area contributed by atoms with Crippen molar-refractivity contribution in [3.05, 3.63) is 53.6 Å². The molecule has 0 unspecified atom stereocenters. The van der Waals surface area contributed by atoms with E-state index in [9.17, 15) is 14.0 Å². The lowest BCUT2D eigenvalue weighted by atomic mass is 9.98. The Morgan fingerprint density at radius 1 is 1.26 bits per heavy atom. The molecule has 3 rings (SSSR count). The van der Waals surface area contributed by atoms with Crippen LogP contribution in [0.1, 0.15) is 31.0 Å². The fraction of sp³-hybridized carbons (Fsp3) is 0.409. The molecule has 2 aromatic rings. The second kappa shape index (κ2) is 10.8. The first-order chi connectivity index (χ1) is 14.9. The zero-order valence-corrected chi connectivity index (χ0v) is 17.8. The number of piperidine rings is 1. The van der Waals surface area contributed by atoms with Gasteiger partial charge in [-0.3, -0.25) is 19.5 Å². The van der Waals surface area contributed by atoms with Crippen LogP contribution >= 0.6 is 0 Å². The van der Waals surface area contributed by atoms with Gasteiger partial charge >= 0.3 is 6.03 Å². The van der Waals surface area contributed by atoms with E-state index >= 15 is 0 Å². The molecule has 1 saturated heterocycles. The molecule has 0 radical (unpaired) electrons. The van der Waals surface area contributed by atoms with Crippen LogP contribution in [0.25, 0.3) is 0 Å². The van der Waals surface area contributed by atoms with Gasteiger partial charge in [-0.05, 0) is 62.1 Å². The average Bonchev–Trinajstić information content (AvgIpc) is 2.72. The Morgan fingerprint density at radius 2 is 2.10 bits per heavy atom. The third-order valence-electron chi connectivity index (χ3n) is 4.99. The van der Waals surface area contributed by atoms with E-state index in [-0.39, 0.29) is 11.6 Å². The summed E-state index contributed by atoms with van der Waals surface area (Å²) in [5, 5.41) is 5.21. The van der Waals surface area contributed by atoms with Crippen LogP contribution in [0.3, 0.4) is 0 Å². The molecule has 2 heterocycles. The minimum absolute atomic E-state index is 0.123. The number of amides is 3. The van der Waals surface area contributed by atoms with E-state index in [0.29, 0.717) is 24.8 Å². The topological polar surface area (TPSA) is 95.6 Å². The fourth-order valence-electron chi connectivity index (χ4n) is 3.54. The average molecular weight is 429 g/mol. The van der Waals surface area contributed by atoms with Gasteiger partial charge in [-0.1, -0.05) is 6.07 Å². The number of benzene rings is 1. The van der Waals surface area contributed by atoms with E-state index in [2.05, 4.69) is 26.0 Å². The lowest BCUT2D eigenvalue weighted by molar-refractivity contribution is -0.132. The normalized spacial score (nSPS) is 16.5. The van der Waals surface area contributed by atoms with Crippen molar-refractivity contribution in [2.45, 2.75) is 33.2 Å². The van der Waals surface area contributed by atoms with Gasteiger partial charge in [0.15, 0.2) is 0 Å². The largest absolute Gasteiger partial charge is 0.323 e. The van der Waals surface area contributed by atoms with E-state index in [1.54, 1.807) is 30.5 Å². The molecular weight excluding hydrogens is 401 g/mol. The second-order valence-electron chi connectivity index (χ2n) is 7.79. The van der Waals surface area contributed by atoms with Gasteiger partial charge in [0.25, 0.3) is 0 Å². The summed E-state index contributed by atoms with van der Waals surface area (Å²) in [5.74, 6) is -0.407. The predicted octanol–water partition coefficient (Wildman–Crippen LogP) is 3.45. The van der Waals surface area contributed by atoms with Crippen LogP contribution in [0.15, 0.2) is 36.5 Å². The molecule has 1 aromatic heterocycles. The highest BCUT2D eigenvalue weighted by Crippen LogP contribution is 2.22. The molecule has 8 nitrogen and oxygen atoms in total. The maximum atomic E-state index is 14.2. The molecule has 1 aromatic carbocycles. The molecule has 1 aliphatic rings. The molecule has 3 amide bonds. The Balaban J connectivity index is 1.55. The zero-order valence-electron chi connectivity index (χ0n) is 17.8. The number of hydrogen-bond acceptors (Lipinski definition) is 5. The van der Waals surface area contributed by atoms with Gasteiger partial charge in [0, 0.05) is 25.7 Å². The number of rotatable bonds is 7. The summed E-state index contributed by atoms with van der Waals surface area (Å²) in [7, 11) is 0. The van der Waals surface area contributed by atoms with E-state index in [1.807, 2.05) is 6.92 Å². The number of halogens is 1. The van der Waals surface area contributed by atoms with Crippen molar-refractivity contribution in [3.8, 4) is 0 Å². The predicted molar refractivity (Wildman–Crippen MR) is 116 cm³/mol. The minimum Gasteiger partial charge on any atom is -0.306 e. The van der Waals surface area contributed by atoms with Crippen molar-refractivity contribution in [3.63, 3.8) is 0 Å². The van der Waals surface area contributed by atoms with Crippen molar-refractivity contribution in [1.82, 2.24) is 15.4 Å². The van der Waals surface area contributed by atoms with Crippen LogP contribution in [0.5, 0.6) is 0 Å². The Morgan fingerprint density at radius 3 is 2.84 bits per heavy atom. The van der Waals surface area contributed by atoms with Crippen molar-refractivity contribution in [2.75, 3.05) is 30.3 Å². The lowest BCUT2D eigenvalue weighted by Crippen LogP contribution is -2.38. The van der Waals surface area contributed by atoms with E-state index < -0.39 is 11.8 Å². The maximum Gasteiger partial charge on any atom is 0.323 e. The van der Waals surface area contributed by atoms with E-state index in [0.717, 1.165) is 37.2 Å². The molecule has 0 saturated carbocycles. The number of urea groups is 1. The molecule has 9 heteroatoms. The molecule has 0 spiro atoms. The third kappa shape index (κ3) is 7.30. The number of aromatic nitrogens is 1. The SMILES string of the molecule is CC(=O)NOC[C@@H]1CCCN(Cc2ccc(F)c(NC(=O)Nc3ccc(C)nc3)c2)C1. The maximum absolute atomic E-state index is 14.2. The molecule has 0 bridgehead atoms. The third-order valence-corrected chi connectivity index (χ3v) is 4.99. The highest BCUT2D eigenvalue weighted by Gasteiger charge is 2.21. The quantitative estimate of drug-likeness (QED) is 0.586. The first-order valence-corrected chi connectivity index (χ1v) is 10.3. The summed E-state index contributed by atoms with van der Waals surface area (Å²) in [4.78, 5) is 34.8. The van der Waals surface area contributed by atoms with Crippen LogP contribution in [0, 0.1) is 18.7 Å². The number of nitrogens with one attached hydrogen (secondary N) is 3.